The molecule has 0 aliphatic carbocycles. The molecule has 0 fully saturated rings. The summed E-state index contributed by atoms with van der Waals surface area (Å²) < 4.78 is 15.6. The zero-order valence-electron chi connectivity index (χ0n) is 16.6. The van der Waals surface area contributed by atoms with Crippen molar-refractivity contribution in [1.29, 1.82) is 0 Å². The van der Waals surface area contributed by atoms with Gasteiger partial charge in [-0.15, -0.1) is 0 Å². The lowest BCUT2D eigenvalue weighted by molar-refractivity contribution is -0.132. The molecule has 0 aromatic heterocycles. The third-order valence-electron chi connectivity index (χ3n) is 3.46. The maximum absolute atomic E-state index is 12.7. The van der Waals surface area contributed by atoms with Gasteiger partial charge in [-0.25, -0.2) is 9.59 Å². The van der Waals surface area contributed by atoms with Crippen molar-refractivity contribution in [2.24, 2.45) is 5.73 Å². The van der Waals surface area contributed by atoms with Gasteiger partial charge >= 0.3 is 18.2 Å². The molecule has 0 aliphatic rings. The number of nitrogens with zero attached hydrogens (tertiary/aromatic N) is 1. The van der Waals surface area contributed by atoms with Crippen LogP contribution in [0.5, 0.6) is 5.75 Å². The highest BCUT2D eigenvalue weighted by Crippen LogP contribution is 2.23. The summed E-state index contributed by atoms with van der Waals surface area (Å²) in [6, 6.07) is 14.8. The first-order valence-corrected chi connectivity index (χ1v) is 8.94. The molecule has 0 spiro atoms. The number of esters is 1. The molecule has 0 bridgehead atoms. The van der Waals surface area contributed by atoms with Crippen LogP contribution in [-0.2, 0) is 20.9 Å². The zero-order chi connectivity index (χ0) is 21.4. The van der Waals surface area contributed by atoms with Crippen LogP contribution in [0.25, 0.3) is 0 Å². The van der Waals surface area contributed by atoms with Crippen molar-refractivity contribution < 1.29 is 28.6 Å². The van der Waals surface area contributed by atoms with E-state index in [4.69, 9.17) is 19.9 Å². The molecule has 0 atom stereocenters. The van der Waals surface area contributed by atoms with Crippen LogP contribution in [0.2, 0.25) is 0 Å². The summed E-state index contributed by atoms with van der Waals surface area (Å²) in [5, 5.41) is 0. The lowest BCUT2D eigenvalue weighted by atomic mass is 10.2. The summed E-state index contributed by atoms with van der Waals surface area (Å²) in [4.78, 5) is 37.3. The van der Waals surface area contributed by atoms with E-state index in [9.17, 15) is 14.4 Å². The minimum absolute atomic E-state index is 0.00876. The number of rotatable bonds is 5. The minimum Gasteiger partial charge on any atom is -0.444 e. The van der Waals surface area contributed by atoms with Crippen LogP contribution in [0.1, 0.15) is 26.3 Å². The molecule has 0 aliphatic heterocycles. The van der Waals surface area contributed by atoms with Crippen molar-refractivity contribution in [2.45, 2.75) is 33.0 Å². The second-order valence-electron chi connectivity index (χ2n) is 7.03. The Labute approximate surface area is 169 Å². The number of imide groups is 1. The van der Waals surface area contributed by atoms with E-state index in [1.165, 1.54) is 24.3 Å². The van der Waals surface area contributed by atoms with Gasteiger partial charge in [0.05, 0.1) is 12.2 Å². The number of hydrogen-bond acceptors (Lipinski definition) is 7. The van der Waals surface area contributed by atoms with Gasteiger partial charge in [0, 0.05) is 0 Å². The Morgan fingerprint density at radius 2 is 1.55 bits per heavy atom. The van der Waals surface area contributed by atoms with Crippen molar-refractivity contribution in [3.8, 4) is 5.75 Å². The lowest BCUT2D eigenvalue weighted by Gasteiger charge is -2.25. The highest BCUT2D eigenvalue weighted by molar-refractivity contribution is 6.09. The minimum atomic E-state index is -0.894. The second kappa shape index (κ2) is 9.70. The smallest absolute Gasteiger partial charge is 0.424 e. The van der Waals surface area contributed by atoms with Crippen molar-refractivity contribution in [3.05, 3.63) is 60.2 Å². The molecule has 8 nitrogen and oxygen atoms in total. The van der Waals surface area contributed by atoms with E-state index in [1.54, 1.807) is 32.9 Å². The average molecular weight is 400 g/mol. The standard InChI is InChI=1S/C21H24N2O6/c1-21(2,3)29-20(26)23(19(25)27-14-15-7-5-4-6-8-15)16-9-11-17(12-10-16)28-18(24)13-22/h4-12H,13-14,22H2,1-3H3. The molecular formula is C21H24N2O6. The SMILES string of the molecule is CC(C)(C)OC(=O)N(C(=O)OCc1ccccc1)c1ccc(OC(=O)CN)cc1. The van der Waals surface area contributed by atoms with Crippen LogP contribution in [0.3, 0.4) is 0 Å². The highest BCUT2D eigenvalue weighted by atomic mass is 16.6. The van der Waals surface area contributed by atoms with E-state index in [1.807, 2.05) is 18.2 Å². The van der Waals surface area contributed by atoms with E-state index >= 15 is 0 Å². The summed E-state index contributed by atoms with van der Waals surface area (Å²) in [6.45, 7) is 4.79. The predicted octanol–water partition coefficient (Wildman–Crippen LogP) is 3.63. The third kappa shape index (κ3) is 6.93. The first-order valence-electron chi connectivity index (χ1n) is 8.94. The molecule has 2 aromatic carbocycles. The van der Waals surface area contributed by atoms with Gasteiger partial charge in [0.1, 0.15) is 18.0 Å². The number of hydrogen-bond donors (Lipinski definition) is 1. The number of benzene rings is 2. The summed E-state index contributed by atoms with van der Waals surface area (Å²) in [5.74, 6) is -0.380. The van der Waals surface area contributed by atoms with Gasteiger partial charge in [-0.1, -0.05) is 30.3 Å². The second-order valence-corrected chi connectivity index (χ2v) is 7.03. The predicted molar refractivity (Wildman–Crippen MR) is 106 cm³/mol. The Balaban J connectivity index is 2.21. The molecule has 0 radical (unpaired) electrons. The van der Waals surface area contributed by atoms with Crippen LogP contribution in [0.15, 0.2) is 54.6 Å². The van der Waals surface area contributed by atoms with Crippen LogP contribution < -0.4 is 15.4 Å². The molecule has 2 amide bonds. The number of carbonyl (C=O) groups excluding carboxylic acids is 3. The Kier molecular flexibility index (Phi) is 7.33. The number of carbonyl (C=O) groups is 3. The molecule has 2 aromatic rings. The normalized spacial score (nSPS) is 10.8. The van der Waals surface area contributed by atoms with Gasteiger partial charge in [0.2, 0.25) is 0 Å². The Bertz CT molecular complexity index is 844. The van der Waals surface area contributed by atoms with E-state index in [-0.39, 0.29) is 24.6 Å². The van der Waals surface area contributed by atoms with Crippen molar-refractivity contribution in [3.63, 3.8) is 0 Å². The molecule has 0 saturated carbocycles. The maximum atomic E-state index is 12.7. The van der Waals surface area contributed by atoms with Gasteiger partial charge in [0.15, 0.2) is 0 Å². The Morgan fingerprint density at radius 3 is 2.10 bits per heavy atom. The fourth-order valence-corrected chi connectivity index (χ4v) is 2.21. The topological polar surface area (TPSA) is 108 Å². The van der Waals surface area contributed by atoms with Gasteiger partial charge in [-0.05, 0) is 50.6 Å². The van der Waals surface area contributed by atoms with Crippen LogP contribution in [0, 0.1) is 0 Å². The molecule has 8 heteroatoms. The molecule has 29 heavy (non-hydrogen) atoms. The fourth-order valence-electron chi connectivity index (χ4n) is 2.21. The van der Waals surface area contributed by atoms with Crippen molar-refractivity contribution in [2.75, 3.05) is 11.4 Å². The quantitative estimate of drug-likeness (QED) is 0.603. The first kappa shape index (κ1) is 21.9. The largest absolute Gasteiger partial charge is 0.444 e. The lowest BCUT2D eigenvalue weighted by Crippen LogP contribution is -2.41. The van der Waals surface area contributed by atoms with E-state index in [0.29, 0.717) is 0 Å². The Hall–Kier alpha value is -3.39. The van der Waals surface area contributed by atoms with Gasteiger partial charge in [-0.3, -0.25) is 4.79 Å². The zero-order valence-corrected chi connectivity index (χ0v) is 16.6. The van der Waals surface area contributed by atoms with Gasteiger partial charge < -0.3 is 19.9 Å². The monoisotopic (exact) mass is 400 g/mol. The number of anilines is 1. The number of ether oxygens (including phenoxy) is 3. The van der Waals surface area contributed by atoms with Crippen molar-refractivity contribution >= 4 is 23.8 Å². The molecule has 0 heterocycles. The van der Waals surface area contributed by atoms with E-state index in [2.05, 4.69) is 0 Å². The van der Waals surface area contributed by atoms with Crippen molar-refractivity contribution in [1.82, 2.24) is 0 Å². The average Bonchev–Trinajstić information content (AvgIpc) is 2.67. The molecule has 0 saturated heterocycles. The molecular weight excluding hydrogens is 376 g/mol. The summed E-state index contributed by atoms with van der Waals surface area (Å²) in [5.41, 5.74) is 5.37. The van der Waals surface area contributed by atoms with Crippen LogP contribution >= 0.6 is 0 Å². The summed E-state index contributed by atoms with van der Waals surface area (Å²) in [7, 11) is 0. The van der Waals surface area contributed by atoms with Gasteiger partial charge in [-0.2, -0.15) is 4.90 Å². The molecule has 0 unspecified atom stereocenters. The number of nitrogens with two attached hydrogens (primary N) is 1. The first-order chi connectivity index (χ1) is 13.7. The van der Waals surface area contributed by atoms with E-state index in [0.717, 1.165) is 10.5 Å². The Morgan fingerprint density at radius 1 is 0.931 bits per heavy atom. The number of amides is 2. The summed E-state index contributed by atoms with van der Waals surface area (Å²) in [6.07, 6.45) is -1.78. The maximum Gasteiger partial charge on any atom is 0.424 e. The van der Waals surface area contributed by atoms with Crippen LogP contribution in [0.4, 0.5) is 15.3 Å². The highest BCUT2D eigenvalue weighted by Gasteiger charge is 2.30. The fraction of sp³-hybridized carbons (Fsp3) is 0.286. The summed E-state index contributed by atoms with van der Waals surface area (Å²) >= 11 is 0. The van der Waals surface area contributed by atoms with E-state index < -0.39 is 23.8 Å². The molecule has 2 N–H and O–H groups in total. The molecule has 2 rings (SSSR count). The third-order valence-corrected chi connectivity index (χ3v) is 3.46. The molecule has 154 valence electrons. The van der Waals surface area contributed by atoms with Gasteiger partial charge in [0.25, 0.3) is 0 Å². The van der Waals surface area contributed by atoms with Crippen LogP contribution in [-0.4, -0.2) is 30.3 Å².